The first-order valence-corrected chi connectivity index (χ1v) is 8.08. The molecule has 4 nitrogen and oxygen atoms in total. The van der Waals surface area contributed by atoms with Crippen molar-refractivity contribution in [2.24, 2.45) is 0 Å². The zero-order valence-corrected chi connectivity index (χ0v) is 15.3. The third kappa shape index (κ3) is 5.00. The van der Waals surface area contributed by atoms with Crippen molar-refractivity contribution in [2.75, 3.05) is 37.6 Å². The highest BCUT2D eigenvalue weighted by Gasteiger charge is 2.28. The van der Waals surface area contributed by atoms with Crippen LogP contribution in [0.2, 0.25) is 0 Å². The van der Waals surface area contributed by atoms with Crippen molar-refractivity contribution in [3.63, 3.8) is 0 Å². The SMILES string of the molecule is Cc1cccc(N2CCN(C(=O)[C@H]3CCCCN3)CC2)c1.Cl.Cl. The lowest BCUT2D eigenvalue weighted by Crippen LogP contribution is -2.55. The molecule has 1 amide bonds. The molecule has 2 aliphatic rings. The third-order valence-electron chi connectivity index (χ3n) is 4.57. The summed E-state index contributed by atoms with van der Waals surface area (Å²) in [5, 5.41) is 3.36. The highest BCUT2D eigenvalue weighted by molar-refractivity contribution is 5.85. The van der Waals surface area contributed by atoms with Crippen LogP contribution < -0.4 is 10.2 Å². The Morgan fingerprint density at radius 1 is 1.13 bits per heavy atom. The zero-order valence-electron chi connectivity index (χ0n) is 13.7. The molecule has 0 aliphatic carbocycles. The molecule has 0 aromatic heterocycles. The number of nitrogens with zero attached hydrogens (tertiary/aromatic N) is 2. The van der Waals surface area contributed by atoms with Crippen molar-refractivity contribution in [3.05, 3.63) is 29.8 Å². The van der Waals surface area contributed by atoms with Crippen LogP contribution in [-0.4, -0.2) is 49.6 Å². The van der Waals surface area contributed by atoms with Crippen LogP contribution >= 0.6 is 24.8 Å². The van der Waals surface area contributed by atoms with E-state index in [4.69, 9.17) is 0 Å². The summed E-state index contributed by atoms with van der Waals surface area (Å²) in [6, 6.07) is 8.67. The molecule has 1 aromatic rings. The van der Waals surface area contributed by atoms with Crippen LogP contribution in [0.1, 0.15) is 24.8 Å². The number of nitrogens with one attached hydrogen (secondary N) is 1. The lowest BCUT2D eigenvalue weighted by molar-refractivity contribution is -0.134. The number of benzene rings is 1. The van der Waals surface area contributed by atoms with Gasteiger partial charge in [-0.15, -0.1) is 24.8 Å². The molecule has 1 aromatic carbocycles. The average Bonchev–Trinajstić information content (AvgIpc) is 2.55. The highest BCUT2D eigenvalue weighted by atomic mass is 35.5. The van der Waals surface area contributed by atoms with E-state index in [1.807, 2.05) is 4.90 Å². The second-order valence-electron chi connectivity index (χ2n) is 6.15. The normalized spacial score (nSPS) is 21.2. The number of hydrogen-bond acceptors (Lipinski definition) is 3. The number of carbonyl (C=O) groups excluding carboxylic acids is 1. The van der Waals surface area contributed by atoms with Crippen LogP contribution in [0.3, 0.4) is 0 Å². The molecular weight excluding hydrogens is 333 g/mol. The lowest BCUT2D eigenvalue weighted by atomic mass is 10.0. The molecule has 0 unspecified atom stereocenters. The van der Waals surface area contributed by atoms with Gasteiger partial charge in [0.15, 0.2) is 0 Å². The zero-order chi connectivity index (χ0) is 14.7. The maximum atomic E-state index is 12.5. The largest absolute Gasteiger partial charge is 0.368 e. The molecule has 2 aliphatic heterocycles. The Morgan fingerprint density at radius 3 is 2.48 bits per heavy atom. The number of aryl methyl sites for hydroxylation is 1. The molecule has 0 spiro atoms. The fraction of sp³-hybridized carbons (Fsp3) is 0.588. The van der Waals surface area contributed by atoms with E-state index in [1.165, 1.54) is 24.1 Å². The first-order chi connectivity index (χ1) is 10.2. The third-order valence-corrected chi connectivity index (χ3v) is 4.57. The molecule has 6 heteroatoms. The van der Waals surface area contributed by atoms with Gasteiger partial charge in [0.1, 0.15) is 0 Å². The maximum absolute atomic E-state index is 12.5. The number of rotatable bonds is 2. The van der Waals surface area contributed by atoms with E-state index in [-0.39, 0.29) is 30.9 Å². The predicted octanol–water partition coefficient (Wildman–Crippen LogP) is 2.63. The topological polar surface area (TPSA) is 35.6 Å². The Labute approximate surface area is 151 Å². The Balaban J connectivity index is 0.00000132. The van der Waals surface area contributed by atoms with Gasteiger partial charge in [0.25, 0.3) is 0 Å². The Bertz CT molecular complexity index is 498. The van der Waals surface area contributed by atoms with Crippen molar-refractivity contribution in [3.8, 4) is 0 Å². The molecule has 0 bridgehead atoms. The quantitative estimate of drug-likeness (QED) is 0.881. The van der Waals surface area contributed by atoms with Crippen LogP contribution in [0, 0.1) is 6.92 Å². The molecule has 1 atom stereocenters. The summed E-state index contributed by atoms with van der Waals surface area (Å²) in [6.07, 6.45) is 3.37. The molecule has 2 heterocycles. The number of anilines is 1. The second-order valence-corrected chi connectivity index (χ2v) is 6.15. The van der Waals surface area contributed by atoms with E-state index in [2.05, 4.69) is 41.4 Å². The first kappa shape index (κ1) is 20.1. The van der Waals surface area contributed by atoms with Crippen molar-refractivity contribution in [1.29, 1.82) is 0 Å². The van der Waals surface area contributed by atoms with Crippen molar-refractivity contribution < 1.29 is 4.79 Å². The van der Waals surface area contributed by atoms with Gasteiger partial charge < -0.3 is 15.1 Å². The molecule has 2 saturated heterocycles. The van der Waals surface area contributed by atoms with Crippen LogP contribution in [0.5, 0.6) is 0 Å². The summed E-state index contributed by atoms with van der Waals surface area (Å²) in [4.78, 5) is 16.9. The highest BCUT2D eigenvalue weighted by Crippen LogP contribution is 2.19. The number of carbonyl (C=O) groups is 1. The van der Waals surface area contributed by atoms with E-state index in [0.717, 1.165) is 39.1 Å². The number of amides is 1. The maximum Gasteiger partial charge on any atom is 0.239 e. The summed E-state index contributed by atoms with van der Waals surface area (Å²) in [5.74, 6) is 0.304. The number of halogens is 2. The van der Waals surface area contributed by atoms with Gasteiger partial charge in [-0.3, -0.25) is 4.79 Å². The fourth-order valence-electron chi connectivity index (χ4n) is 3.29. The minimum atomic E-state index is 0. The monoisotopic (exact) mass is 359 g/mol. The second kappa shape index (κ2) is 9.36. The summed E-state index contributed by atoms with van der Waals surface area (Å²) >= 11 is 0. The van der Waals surface area contributed by atoms with E-state index in [1.54, 1.807) is 0 Å². The number of piperazine rings is 1. The van der Waals surface area contributed by atoms with Crippen LogP contribution in [0.4, 0.5) is 5.69 Å². The smallest absolute Gasteiger partial charge is 0.239 e. The minimum absolute atomic E-state index is 0. The van der Waals surface area contributed by atoms with Gasteiger partial charge >= 0.3 is 0 Å². The van der Waals surface area contributed by atoms with Crippen molar-refractivity contribution in [1.82, 2.24) is 10.2 Å². The standard InChI is InChI=1S/C17H25N3O.2ClH/c1-14-5-4-6-15(13-14)19-9-11-20(12-10-19)17(21)16-7-2-3-8-18-16;;/h4-6,13,16,18H,2-3,7-12H2,1H3;2*1H/t16-;;/m1../s1. The summed E-state index contributed by atoms with van der Waals surface area (Å²) < 4.78 is 0. The number of hydrogen-bond donors (Lipinski definition) is 1. The molecule has 2 fully saturated rings. The van der Waals surface area contributed by atoms with Gasteiger partial charge in [0, 0.05) is 31.9 Å². The summed E-state index contributed by atoms with van der Waals surface area (Å²) in [6.45, 7) is 6.65. The molecule has 1 N–H and O–H groups in total. The van der Waals surface area contributed by atoms with Gasteiger partial charge in [-0.05, 0) is 44.0 Å². The van der Waals surface area contributed by atoms with Gasteiger partial charge in [-0.2, -0.15) is 0 Å². The van der Waals surface area contributed by atoms with Gasteiger partial charge in [0.05, 0.1) is 6.04 Å². The Kier molecular flexibility index (Phi) is 8.17. The minimum Gasteiger partial charge on any atom is -0.368 e. The summed E-state index contributed by atoms with van der Waals surface area (Å²) in [5.41, 5.74) is 2.57. The molecule has 130 valence electrons. The average molecular weight is 360 g/mol. The van der Waals surface area contributed by atoms with Gasteiger partial charge in [-0.25, -0.2) is 0 Å². The Hall–Kier alpha value is -0.970. The van der Waals surface area contributed by atoms with E-state index < -0.39 is 0 Å². The molecule has 23 heavy (non-hydrogen) atoms. The van der Waals surface area contributed by atoms with Crippen LogP contribution in [-0.2, 0) is 4.79 Å². The van der Waals surface area contributed by atoms with Crippen LogP contribution in [0.15, 0.2) is 24.3 Å². The molecule has 0 radical (unpaired) electrons. The summed E-state index contributed by atoms with van der Waals surface area (Å²) in [7, 11) is 0. The number of piperidine rings is 1. The fourth-order valence-corrected chi connectivity index (χ4v) is 3.29. The van der Waals surface area contributed by atoms with Gasteiger partial charge in [0.2, 0.25) is 5.91 Å². The molecule has 0 saturated carbocycles. The lowest BCUT2D eigenvalue weighted by Gasteiger charge is -2.38. The van der Waals surface area contributed by atoms with Gasteiger partial charge in [-0.1, -0.05) is 18.6 Å². The predicted molar refractivity (Wildman–Crippen MR) is 100 cm³/mol. The van der Waals surface area contributed by atoms with Crippen LogP contribution in [0.25, 0.3) is 0 Å². The van der Waals surface area contributed by atoms with E-state index >= 15 is 0 Å². The first-order valence-electron chi connectivity index (χ1n) is 8.08. The molecular formula is C17H27Cl2N3O. The van der Waals surface area contributed by atoms with E-state index in [9.17, 15) is 4.79 Å². The van der Waals surface area contributed by atoms with Crippen molar-refractivity contribution in [2.45, 2.75) is 32.2 Å². The Morgan fingerprint density at radius 2 is 1.87 bits per heavy atom. The van der Waals surface area contributed by atoms with E-state index in [0.29, 0.717) is 5.91 Å². The molecule has 3 rings (SSSR count). The van der Waals surface area contributed by atoms with Crippen molar-refractivity contribution >= 4 is 36.4 Å².